The van der Waals surface area contributed by atoms with Crippen LogP contribution in [0.5, 0.6) is 0 Å². The molecule has 0 heterocycles. The number of aliphatic hydroxyl groups excluding tert-OH is 1. The Kier molecular flexibility index (Phi) is 1.88. The molecule has 1 aromatic rings. The Morgan fingerprint density at radius 2 is 1.85 bits per heavy atom. The fourth-order valence-electron chi connectivity index (χ4n) is 2.07. The molecule has 0 unspecified atom stereocenters. The van der Waals surface area contributed by atoms with Gasteiger partial charge in [0.1, 0.15) is 5.82 Å². The van der Waals surface area contributed by atoms with E-state index < -0.39 is 0 Å². The zero-order chi connectivity index (χ0) is 9.47. The zero-order valence-corrected chi connectivity index (χ0v) is 7.63. The highest BCUT2D eigenvalue weighted by molar-refractivity contribution is 5.28. The maximum absolute atomic E-state index is 12.6. The topological polar surface area (TPSA) is 20.2 Å². The van der Waals surface area contributed by atoms with Gasteiger partial charge >= 0.3 is 0 Å². The summed E-state index contributed by atoms with van der Waals surface area (Å²) in [6, 6.07) is 6.57. The van der Waals surface area contributed by atoms with Gasteiger partial charge in [-0.05, 0) is 36.0 Å². The highest BCUT2D eigenvalue weighted by Crippen LogP contribution is 2.43. The highest BCUT2D eigenvalue weighted by Gasteiger charge is 2.40. The van der Waals surface area contributed by atoms with Crippen LogP contribution >= 0.6 is 0 Å². The molecule has 2 heteroatoms. The minimum absolute atomic E-state index is 0.0626. The first-order valence-electron chi connectivity index (χ1n) is 4.54. The van der Waals surface area contributed by atoms with Gasteiger partial charge in [-0.1, -0.05) is 19.1 Å². The van der Waals surface area contributed by atoms with Gasteiger partial charge in [-0.25, -0.2) is 4.39 Å². The van der Waals surface area contributed by atoms with Crippen molar-refractivity contribution in [3.63, 3.8) is 0 Å². The molecular formula is C11H13FO. The van der Waals surface area contributed by atoms with E-state index in [2.05, 4.69) is 6.92 Å². The molecule has 0 bridgehead atoms. The predicted molar refractivity (Wildman–Crippen MR) is 49.0 cm³/mol. The molecule has 1 aliphatic rings. The fourth-order valence-corrected chi connectivity index (χ4v) is 2.07. The first-order valence-corrected chi connectivity index (χ1v) is 4.54. The number of hydrogen-bond donors (Lipinski definition) is 1. The van der Waals surface area contributed by atoms with Crippen LogP contribution in [0.25, 0.3) is 0 Å². The van der Waals surface area contributed by atoms with Crippen molar-refractivity contribution >= 4 is 0 Å². The summed E-state index contributed by atoms with van der Waals surface area (Å²) in [5.41, 5.74) is 1.19. The molecule has 1 nitrogen and oxygen atoms in total. The molecule has 1 aliphatic carbocycles. The molecule has 0 aliphatic heterocycles. The van der Waals surface area contributed by atoms with E-state index >= 15 is 0 Å². The monoisotopic (exact) mass is 180 g/mol. The van der Waals surface area contributed by atoms with E-state index in [1.807, 2.05) is 0 Å². The van der Waals surface area contributed by atoms with Crippen molar-refractivity contribution in [2.45, 2.75) is 31.3 Å². The van der Waals surface area contributed by atoms with E-state index in [0.717, 1.165) is 18.4 Å². The molecule has 0 atom stereocenters. The highest BCUT2D eigenvalue weighted by atomic mass is 19.1. The smallest absolute Gasteiger partial charge is 0.123 e. The van der Waals surface area contributed by atoms with Gasteiger partial charge in [0.25, 0.3) is 0 Å². The van der Waals surface area contributed by atoms with E-state index in [-0.39, 0.29) is 17.3 Å². The van der Waals surface area contributed by atoms with Gasteiger partial charge in [0.15, 0.2) is 0 Å². The van der Waals surface area contributed by atoms with Crippen molar-refractivity contribution in [3.05, 3.63) is 35.6 Å². The number of hydrogen-bond acceptors (Lipinski definition) is 1. The summed E-state index contributed by atoms with van der Waals surface area (Å²) >= 11 is 0. The Balaban J connectivity index is 2.22. The van der Waals surface area contributed by atoms with Gasteiger partial charge < -0.3 is 5.11 Å². The summed E-state index contributed by atoms with van der Waals surface area (Å²) in [4.78, 5) is 0. The summed E-state index contributed by atoms with van der Waals surface area (Å²) in [6.07, 6.45) is 1.41. The summed E-state index contributed by atoms with van der Waals surface area (Å²) in [5, 5.41) is 9.23. The van der Waals surface area contributed by atoms with Crippen molar-refractivity contribution in [3.8, 4) is 0 Å². The largest absolute Gasteiger partial charge is 0.393 e. The van der Waals surface area contributed by atoms with Crippen molar-refractivity contribution in [2.24, 2.45) is 0 Å². The SMILES string of the molecule is C[C@]1(c2ccc(F)cc2)C[C@H](O)C1. The summed E-state index contributed by atoms with van der Waals surface area (Å²) in [6.45, 7) is 2.10. The molecule has 1 saturated carbocycles. The summed E-state index contributed by atoms with van der Waals surface area (Å²) in [7, 11) is 0. The van der Waals surface area contributed by atoms with Crippen LogP contribution in [0.1, 0.15) is 25.3 Å². The van der Waals surface area contributed by atoms with Crippen LogP contribution in [-0.4, -0.2) is 11.2 Å². The minimum atomic E-state index is -0.202. The molecule has 0 saturated heterocycles. The van der Waals surface area contributed by atoms with Crippen molar-refractivity contribution < 1.29 is 9.50 Å². The van der Waals surface area contributed by atoms with Crippen LogP contribution in [0.15, 0.2) is 24.3 Å². The van der Waals surface area contributed by atoms with Crippen LogP contribution < -0.4 is 0 Å². The third kappa shape index (κ3) is 1.46. The molecule has 1 N–H and O–H groups in total. The molecule has 13 heavy (non-hydrogen) atoms. The van der Waals surface area contributed by atoms with Crippen LogP contribution in [0.3, 0.4) is 0 Å². The number of aliphatic hydroxyl groups is 1. The van der Waals surface area contributed by atoms with Crippen LogP contribution in [0.4, 0.5) is 4.39 Å². The first kappa shape index (κ1) is 8.70. The lowest BCUT2D eigenvalue weighted by Crippen LogP contribution is -2.41. The number of halogens is 1. The Bertz CT molecular complexity index is 298. The molecular weight excluding hydrogens is 167 g/mol. The fraction of sp³-hybridized carbons (Fsp3) is 0.455. The molecule has 0 spiro atoms. The van der Waals surface area contributed by atoms with E-state index in [9.17, 15) is 9.50 Å². The second kappa shape index (κ2) is 2.81. The molecule has 1 aromatic carbocycles. The standard InChI is InChI=1S/C11H13FO/c1-11(6-10(13)7-11)8-2-4-9(12)5-3-8/h2-5,10,13H,6-7H2,1H3/t10-,11-. The quantitative estimate of drug-likeness (QED) is 0.702. The Labute approximate surface area is 77.2 Å². The Morgan fingerprint density at radius 1 is 1.31 bits per heavy atom. The molecule has 0 radical (unpaired) electrons. The van der Waals surface area contributed by atoms with Gasteiger partial charge in [-0.15, -0.1) is 0 Å². The average Bonchev–Trinajstić information content (AvgIpc) is 2.03. The van der Waals surface area contributed by atoms with Crippen molar-refractivity contribution in [1.29, 1.82) is 0 Å². The Hall–Kier alpha value is -0.890. The third-order valence-electron chi connectivity index (χ3n) is 2.91. The van der Waals surface area contributed by atoms with Gasteiger partial charge in [0.2, 0.25) is 0 Å². The van der Waals surface area contributed by atoms with Gasteiger partial charge in [-0.3, -0.25) is 0 Å². The average molecular weight is 180 g/mol. The second-order valence-corrected chi connectivity index (χ2v) is 4.13. The lowest BCUT2D eigenvalue weighted by molar-refractivity contribution is 0.0272. The molecule has 0 amide bonds. The normalized spacial score (nSPS) is 32.7. The molecule has 2 rings (SSSR count). The van der Waals surface area contributed by atoms with Crippen molar-refractivity contribution in [1.82, 2.24) is 0 Å². The Morgan fingerprint density at radius 3 is 2.31 bits per heavy atom. The van der Waals surface area contributed by atoms with E-state index in [1.165, 1.54) is 12.1 Å². The number of rotatable bonds is 1. The first-order chi connectivity index (χ1) is 6.10. The van der Waals surface area contributed by atoms with E-state index in [1.54, 1.807) is 12.1 Å². The maximum atomic E-state index is 12.6. The van der Waals surface area contributed by atoms with Crippen LogP contribution in [0.2, 0.25) is 0 Å². The predicted octanol–water partition coefficient (Wildman–Crippen LogP) is 2.24. The lowest BCUT2D eigenvalue weighted by atomic mass is 9.64. The second-order valence-electron chi connectivity index (χ2n) is 4.13. The zero-order valence-electron chi connectivity index (χ0n) is 7.63. The van der Waals surface area contributed by atoms with Gasteiger partial charge in [0, 0.05) is 0 Å². The molecule has 1 fully saturated rings. The number of benzene rings is 1. The van der Waals surface area contributed by atoms with E-state index in [4.69, 9.17) is 0 Å². The third-order valence-corrected chi connectivity index (χ3v) is 2.91. The van der Waals surface area contributed by atoms with Crippen LogP contribution in [0, 0.1) is 5.82 Å². The summed E-state index contributed by atoms with van der Waals surface area (Å²) < 4.78 is 12.6. The minimum Gasteiger partial charge on any atom is -0.393 e. The van der Waals surface area contributed by atoms with Crippen LogP contribution in [-0.2, 0) is 5.41 Å². The molecule has 0 aromatic heterocycles. The lowest BCUT2D eigenvalue weighted by Gasteiger charge is -2.43. The maximum Gasteiger partial charge on any atom is 0.123 e. The van der Waals surface area contributed by atoms with Gasteiger partial charge in [-0.2, -0.15) is 0 Å². The van der Waals surface area contributed by atoms with Gasteiger partial charge in [0.05, 0.1) is 6.10 Å². The molecule has 70 valence electrons. The summed E-state index contributed by atoms with van der Waals surface area (Å²) in [5.74, 6) is -0.202. The van der Waals surface area contributed by atoms with E-state index in [0.29, 0.717) is 0 Å². The van der Waals surface area contributed by atoms with Crippen molar-refractivity contribution in [2.75, 3.05) is 0 Å².